The van der Waals surface area contributed by atoms with Crippen LogP contribution < -0.4 is 52.4 Å². The van der Waals surface area contributed by atoms with Gasteiger partial charge in [-0.05, 0) is 158 Å². The first kappa shape index (κ1) is 61.4. The predicted octanol–water partition coefficient (Wildman–Crippen LogP) is 22.5. The molecule has 4 aliphatic rings. The first-order chi connectivity index (χ1) is 51.7. The van der Waals surface area contributed by atoms with Crippen molar-refractivity contribution < 1.29 is 0 Å². The summed E-state index contributed by atoms with van der Waals surface area (Å²) in [5.74, 6) is 0. The lowest BCUT2D eigenvalue weighted by Crippen LogP contribution is -2.64. The van der Waals surface area contributed by atoms with Gasteiger partial charge >= 0.3 is 0 Å². The Balaban J connectivity index is 0.934. The lowest BCUT2D eigenvalue weighted by Gasteiger charge is -2.44. The van der Waals surface area contributed by atoms with E-state index in [2.05, 4.69) is 408 Å². The summed E-state index contributed by atoms with van der Waals surface area (Å²) in [5.41, 5.74) is 32.8. The molecule has 16 aromatic carbocycles. The van der Waals surface area contributed by atoms with E-state index in [-0.39, 0.29) is 13.4 Å². The molecule has 0 N–H and O–H groups in total. The monoisotopic (exact) mass is 1360 g/mol. The number of anilines is 12. The van der Waals surface area contributed by atoms with Gasteiger partial charge in [0, 0.05) is 98.8 Å². The molecule has 0 radical (unpaired) electrons. The van der Waals surface area contributed by atoms with E-state index < -0.39 is 0 Å². The lowest BCUT2D eigenvalue weighted by molar-refractivity contribution is 1.22. The second-order valence-corrected chi connectivity index (χ2v) is 29.0. The molecule has 16 aromatic rings. The lowest BCUT2D eigenvalue weighted by atomic mass is 9.31. The van der Waals surface area contributed by atoms with E-state index in [0.29, 0.717) is 0 Å². The molecule has 4 aliphatic heterocycles. The van der Waals surface area contributed by atoms with E-state index in [4.69, 9.17) is 0 Å². The van der Waals surface area contributed by atoms with Crippen molar-refractivity contribution >= 4 is 138 Å². The predicted molar refractivity (Wildman–Crippen MR) is 443 cm³/mol. The topological polar surface area (TPSA) is 13.0 Å². The Kier molecular flexibility index (Phi) is 15.3. The van der Waals surface area contributed by atoms with E-state index in [1.807, 2.05) is 23.5 Å². The third-order valence-electron chi connectivity index (χ3n) is 21.1. The van der Waals surface area contributed by atoms with Crippen LogP contribution >= 0.6 is 23.5 Å². The zero-order chi connectivity index (χ0) is 68.6. The summed E-state index contributed by atoms with van der Waals surface area (Å²) in [6.07, 6.45) is 0. The third kappa shape index (κ3) is 10.3. The minimum atomic E-state index is -0.227. The van der Waals surface area contributed by atoms with Crippen LogP contribution in [0.1, 0.15) is 0 Å². The molecule has 0 spiro atoms. The van der Waals surface area contributed by atoms with Gasteiger partial charge in [0.15, 0.2) is 0 Å². The molecule has 20 rings (SSSR count). The van der Waals surface area contributed by atoms with Crippen molar-refractivity contribution in [3.05, 3.63) is 388 Å². The maximum atomic E-state index is 2.70. The molecule has 4 heterocycles. The van der Waals surface area contributed by atoms with E-state index in [0.717, 1.165) is 102 Å². The molecule has 104 heavy (non-hydrogen) atoms. The van der Waals surface area contributed by atoms with E-state index in [9.17, 15) is 0 Å². The first-order valence-corrected chi connectivity index (χ1v) is 37.3. The normalized spacial score (nSPS) is 12.7. The molecule has 0 fully saturated rings. The summed E-state index contributed by atoms with van der Waals surface area (Å²) in [5, 5.41) is 0. The zero-order valence-electron chi connectivity index (χ0n) is 56.7. The van der Waals surface area contributed by atoms with Crippen LogP contribution in [-0.2, 0) is 0 Å². The molecule has 0 unspecified atom stereocenters. The van der Waals surface area contributed by atoms with Crippen LogP contribution in [-0.4, -0.2) is 13.4 Å². The first-order valence-electron chi connectivity index (χ1n) is 35.7. The number of para-hydroxylation sites is 8. The van der Waals surface area contributed by atoms with Crippen molar-refractivity contribution in [3.63, 3.8) is 0 Å². The number of hydrogen-bond donors (Lipinski definition) is 0. The summed E-state index contributed by atoms with van der Waals surface area (Å²) in [7, 11) is 0. The Hall–Kier alpha value is -12.5. The SMILES string of the molecule is c1ccc(-c2cccc(-c3ccccc3)c2-c2c3c(cc4c2Sc2cc(N(c5ccccc5)c5ccccc5)cc5c2B4c2ccccc2N5c2c(-c4ccccc4)cccc2-c2ccccc2)B2c4ccccc4N(c4ccccc4)c4cc(N(c5ccccc5)c5ccccc5)cc(c42)S3)cc1. The van der Waals surface area contributed by atoms with Gasteiger partial charge in [-0.3, -0.25) is 0 Å². The molecule has 0 saturated heterocycles. The highest BCUT2D eigenvalue weighted by Crippen LogP contribution is 2.57. The summed E-state index contributed by atoms with van der Waals surface area (Å²) in [6.45, 7) is -0.411. The van der Waals surface area contributed by atoms with Gasteiger partial charge in [-0.25, -0.2) is 0 Å². The largest absolute Gasteiger partial charge is 0.311 e. The third-order valence-corrected chi connectivity index (χ3v) is 23.5. The van der Waals surface area contributed by atoms with Gasteiger partial charge < -0.3 is 19.6 Å². The molecule has 486 valence electrons. The van der Waals surface area contributed by atoms with E-state index in [1.165, 1.54) is 74.6 Å². The molecular weight excluding hydrogens is 1290 g/mol. The van der Waals surface area contributed by atoms with Crippen molar-refractivity contribution in [3.8, 4) is 55.6 Å². The molecule has 0 bridgehead atoms. The fourth-order valence-electron chi connectivity index (χ4n) is 16.8. The molecule has 0 amide bonds. The summed E-state index contributed by atoms with van der Waals surface area (Å²) in [6, 6.07) is 144. The highest BCUT2D eigenvalue weighted by molar-refractivity contribution is 8.01. The maximum Gasteiger partial charge on any atom is 0.249 e. The van der Waals surface area contributed by atoms with Crippen molar-refractivity contribution in [2.75, 3.05) is 19.6 Å². The Labute approximate surface area is 616 Å². The van der Waals surface area contributed by atoms with Gasteiger partial charge in [0.05, 0.1) is 5.69 Å². The van der Waals surface area contributed by atoms with Gasteiger partial charge in [0.25, 0.3) is 0 Å². The van der Waals surface area contributed by atoms with E-state index >= 15 is 0 Å². The summed E-state index contributed by atoms with van der Waals surface area (Å²) >= 11 is 3.91. The van der Waals surface area contributed by atoms with Crippen molar-refractivity contribution in [1.29, 1.82) is 0 Å². The van der Waals surface area contributed by atoms with E-state index in [1.54, 1.807) is 0 Å². The number of fused-ring (bicyclic) bond motifs is 8. The summed E-state index contributed by atoms with van der Waals surface area (Å²) in [4.78, 5) is 15.0. The highest BCUT2D eigenvalue weighted by Gasteiger charge is 2.48. The van der Waals surface area contributed by atoms with Crippen LogP contribution in [0.5, 0.6) is 0 Å². The standard InChI is InChI=1S/C96H64B2N4S2/c1-10-34-65(35-11-1)76-52-32-53-77(66-36-12-2-13-37-66)90(76)91-95-82(97-80-56-28-30-58-84(80)101(73-50-26-9-27-51-73)86-60-74(62-88(103-95)92(86)97)99(69-42-18-5-19-43-69)70-44-20-6-21-45-70)64-83-96(91)104-89-63-75(100(71-46-22-7-23-47-71)72-48-24-8-25-49-72)61-87-93(89)98(83)81-57-29-31-59-85(81)102(87)94-78(67-38-14-3-15-39-67)54-33-55-79(94)68-40-16-4-17-41-68/h1-64H. The van der Waals surface area contributed by atoms with Crippen LogP contribution in [0.25, 0.3) is 55.6 Å². The molecule has 0 aromatic heterocycles. The van der Waals surface area contributed by atoms with Crippen molar-refractivity contribution in [1.82, 2.24) is 0 Å². The van der Waals surface area contributed by atoms with Gasteiger partial charge in [0.1, 0.15) is 0 Å². The molecule has 4 nitrogen and oxygen atoms in total. The average molecular weight is 1360 g/mol. The maximum absolute atomic E-state index is 2.70. The fraction of sp³-hybridized carbons (Fsp3) is 0. The number of rotatable bonds is 13. The molecule has 0 saturated carbocycles. The van der Waals surface area contributed by atoms with Crippen molar-refractivity contribution in [2.45, 2.75) is 19.6 Å². The Morgan fingerprint density at radius 1 is 0.231 bits per heavy atom. The average Bonchev–Trinajstić information content (AvgIpc) is 0.686. The van der Waals surface area contributed by atoms with Crippen LogP contribution in [0.3, 0.4) is 0 Å². The number of nitrogens with zero attached hydrogens (tertiary/aromatic N) is 4. The fourth-order valence-corrected chi connectivity index (χ4v) is 19.5. The molecule has 8 heteroatoms. The summed E-state index contributed by atoms with van der Waals surface area (Å²) < 4.78 is 0. The molecule has 0 aliphatic carbocycles. The van der Waals surface area contributed by atoms with Crippen LogP contribution in [0.4, 0.5) is 68.2 Å². The highest BCUT2D eigenvalue weighted by atomic mass is 32.2. The smallest absolute Gasteiger partial charge is 0.249 e. The van der Waals surface area contributed by atoms with Crippen LogP contribution in [0.2, 0.25) is 0 Å². The van der Waals surface area contributed by atoms with Gasteiger partial charge in [-0.2, -0.15) is 0 Å². The van der Waals surface area contributed by atoms with Gasteiger partial charge in [-0.1, -0.05) is 326 Å². The quantitative estimate of drug-likeness (QED) is 0.106. The number of hydrogen-bond acceptors (Lipinski definition) is 6. The Morgan fingerprint density at radius 2 is 0.548 bits per heavy atom. The second-order valence-electron chi connectivity index (χ2n) is 26.9. The van der Waals surface area contributed by atoms with Gasteiger partial charge in [0.2, 0.25) is 13.4 Å². The van der Waals surface area contributed by atoms with Crippen LogP contribution in [0.15, 0.2) is 408 Å². The Bertz CT molecular complexity index is 5750. The second kappa shape index (κ2) is 25.9. The van der Waals surface area contributed by atoms with Crippen molar-refractivity contribution in [2.24, 2.45) is 0 Å². The van der Waals surface area contributed by atoms with Gasteiger partial charge in [-0.15, -0.1) is 0 Å². The minimum Gasteiger partial charge on any atom is -0.311 e. The number of benzene rings is 16. The molecular formula is C96H64B2N4S2. The zero-order valence-corrected chi connectivity index (χ0v) is 58.3. The molecule has 0 atom stereocenters. The minimum absolute atomic E-state index is 0.184. The Morgan fingerprint density at radius 3 is 0.942 bits per heavy atom. The van der Waals surface area contributed by atoms with Crippen LogP contribution in [0, 0.1) is 0 Å².